The second-order valence-electron chi connectivity index (χ2n) is 20.1. The van der Waals surface area contributed by atoms with E-state index in [1.54, 1.807) is 0 Å². The number of benzene rings is 1. The zero-order valence-corrected chi connectivity index (χ0v) is 38.7. The Morgan fingerprint density at radius 1 is 0.887 bits per heavy atom. The summed E-state index contributed by atoms with van der Waals surface area (Å²) in [4.78, 5) is 25.8. The molecule has 0 aliphatic carbocycles. The molecule has 0 saturated carbocycles. The van der Waals surface area contributed by atoms with Gasteiger partial charge in [-0.2, -0.15) is 0 Å². The van der Waals surface area contributed by atoms with Gasteiger partial charge in [-0.05, 0) is 114 Å². The number of aliphatic hydroxyl groups excluding tert-OH is 2. The third kappa shape index (κ3) is 9.44. The van der Waals surface area contributed by atoms with Crippen LogP contribution in [0, 0.1) is 47.2 Å². The Kier molecular flexibility index (Phi) is 15.1. The molecule has 62 heavy (non-hydrogen) atoms. The van der Waals surface area contributed by atoms with Crippen molar-refractivity contribution in [1.82, 2.24) is 5.32 Å². The van der Waals surface area contributed by atoms with Gasteiger partial charge in [0.1, 0.15) is 11.9 Å². The van der Waals surface area contributed by atoms with Gasteiger partial charge < -0.3 is 49.4 Å². The second kappa shape index (κ2) is 19.2. The van der Waals surface area contributed by atoms with Crippen molar-refractivity contribution in [1.29, 1.82) is 0 Å². The summed E-state index contributed by atoms with van der Waals surface area (Å²) in [5, 5.41) is 48.4. The SMILES string of the molecule is CCC(C(O)[C@@H](C)[C@@H](O)[C@H](C)[C@@H]1O[C@@H]([C@@H](CC)C(=O)O)CC[C@@H]1C)[C@H]1O[C@]2(C=C[C@@H](NC(=O)c3ccc(F)cc3)[C@]3(CC[C@@](C)([C@H]4CC[C@](O)(CC)[C@H](C)O4)O3)O2)[C@H](C)C[C@@H]1C. The van der Waals surface area contributed by atoms with E-state index in [0.717, 1.165) is 6.42 Å². The predicted molar refractivity (Wildman–Crippen MR) is 231 cm³/mol. The van der Waals surface area contributed by atoms with Gasteiger partial charge in [0, 0.05) is 35.7 Å². The summed E-state index contributed by atoms with van der Waals surface area (Å²) in [5.74, 6) is -6.43. The summed E-state index contributed by atoms with van der Waals surface area (Å²) in [6.07, 6.45) is 5.59. The molecular formula is C49H76FNO11. The normalized spacial score (nSPS) is 41.6. The molecule has 1 amide bonds. The minimum Gasteiger partial charge on any atom is -0.481 e. The molecular weight excluding hydrogens is 798 g/mol. The number of carbonyl (C=O) groups is 2. The molecule has 1 aromatic carbocycles. The highest BCUT2D eigenvalue weighted by atomic mass is 19.1. The molecule has 5 heterocycles. The number of amides is 1. The maximum Gasteiger partial charge on any atom is 0.309 e. The first kappa shape index (κ1) is 49.0. The van der Waals surface area contributed by atoms with Gasteiger partial charge in [0.2, 0.25) is 0 Å². The van der Waals surface area contributed by atoms with E-state index in [1.807, 2.05) is 60.6 Å². The van der Waals surface area contributed by atoms with Crippen LogP contribution >= 0.6 is 0 Å². The van der Waals surface area contributed by atoms with Crippen molar-refractivity contribution < 1.29 is 58.1 Å². The second-order valence-corrected chi connectivity index (χ2v) is 20.1. The molecule has 19 atom stereocenters. The largest absolute Gasteiger partial charge is 0.481 e. The summed E-state index contributed by atoms with van der Waals surface area (Å²) in [7, 11) is 0. The Labute approximate surface area is 368 Å². The Balaban J connectivity index is 1.25. The molecule has 2 unspecified atom stereocenters. The van der Waals surface area contributed by atoms with Gasteiger partial charge in [0.05, 0.1) is 59.8 Å². The number of aliphatic carboxylic acids is 1. The Morgan fingerprint density at radius 3 is 2.19 bits per heavy atom. The smallest absolute Gasteiger partial charge is 0.309 e. The minimum atomic E-state index is -1.39. The number of ether oxygens (including phenoxy) is 5. The summed E-state index contributed by atoms with van der Waals surface area (Å²) in [5.41, 5.74) is -1.48. The highest BCUT2D eigenvalue weighted by Gasteiger charge is 2.63. The standard InChI is InChI=1S/C49H76FNO11/c1-11-35(45(55)56)37-19-14-27(4)42(59-37)31(8)40(52)30(7)41(53)36(12-2)43-28(5)26-29(6)48(60-43)23-20-38(51-44(54)33-15-17-34(50)18-16-33)49(62-48)25-24-46(10,61-49)39-21-22-47(57,13-3)32(9)58-39/h15-18,20,23,27-32,35-43,52-53,57H,11-14,19,21-22,24-26H2,1-10H3,(H,51,54)(H,55,56)/t27-,28-,29+,30-,31-,32-,35+,36?,37+,38+,39+,40+,41?,42+,43-,46-,47+,48-,49-/m0/s1. The molecule has 12 nitrogen and oxygen atoms in total. The van der Waals surface area contributed by atoms with E-state index in [9.17, 15) is 34.4 Å². The van der Waals surface area contributed by atoms with E-state index in [-0.39, 0.29) is 41.4 Å². The van der Waals surface area contributed by atoms with Crippen LogP contribution in [-0.4, -0.2) is 104 Å². The van der Waals surface area contributed by atoms with Crippen LogP contribution in [0.4, 0.5) is 4.39 Å². The van der Waals surface area contributed by atoms with Crippen LogP contribution in [0.3, 0.4) is 0 Å². The van der Waals surface area contributed by atoms with Crippen molar-refractivity contribution in [2.45, 2.75) is 205 Å². The molecule has 0 aromatic heterocycles. The van der Waals surface area contributed by atoms with Crippen molar-refractivity contribution in [2.75, 3.05) is 0 Å². The molecule has 0 bridgehead atoms. The molecule has 4 fully saturated rings. The van der Waals surface area contributed by atoms with E-state index in [0.29, 0.717) is 57.8 Å². The van der Waals surface area contributed by atoms with Gasteiger partial charge in [-0.1, -0.05) is 61.5 Å². The Morgan fingerprint density at radius 2 is 1.58 bits per heavy atom. The van der Waals surface area contributed by atoms with Gasteiger partial charge in [-0.25, -0.2) is 4.39 Å². The summed E-state index contributed by atoms with van der Waals surface area (Å²) < 4.78 is 48.4. The van der Waals surface area contributed by atoms with E-state index in [2.05, 4.69) is 26.1 Å². The van der Waals surface area contributed by atoms with Crippen molar-refractivity contribution in [3.05, 3.63) is 47.8 Å². The van der Waals surface area contributed by atoms with E-state index < -0.39 is 94.8 Å². The highest BCUT2D eigenvalue weighted by molar-refractivity contribution is 5.94. The molecule has 13 heteroatoms. The summed E-state index contributed by atoms with van der Waals surface area (Å²) >= 11 is 0. The molecule has 6 rings (SSSR count). The van der Waals surface area contributed by atoms with Crippen molar-refractivity contribution in [3.63, 3.8) is 0 Å². The number of halogens is 1. The summed E-state index contributed by atoms with van der Waals surface area (Å²) in [6, 6.07) is 4.61. The lowest BCUT2D eigenvalue weighted by atomic mass is 9.72. The molecule has 2 spiro atoms. The molecule has 5 N–H and O–H groups in total. The van der Waals surface area contributed by atoms with Crippen molar-refractivity contribution >= 4 is 11.9 Å². The number of nitrogens with one attached hydrogen (secondary N) is 1. The zero-order valence-electron chi connectivity index (χ0n) is 38.7. The molecule has 5 aliphatic rings. The first-order valence-corrected chi connectivity index (χ1v) is 23.6. The first-order chi connectivity index (χ1) is 29.2. The summed E-state index contributed by atoms with van der Waals surface area (Å²) in [6.45, 7) is 19.8. The van der Waals surface area contributed by atoms with Crippen LogP contribution in [0.2, 0.25) is 0 Å². The van der Waals surface area contributed by atoms with Crippen molar-refractivity contribution in [3.8, 4) is 0 Å². The topological polar surface area (TPSA) is 173 Å². The van der Waals surface area contributed by atoms with Crippen molar-refractivity contribution in [2.24, 2.45) is 41.4 Å². The van der Waals surface area contributed by atoms with E-state index in [4.69, 9.17) is 23.7 Å². The van der Waals surface area contributed by atoms with Gasteiger partial charge >= 0.3 is 5.97 Å². The number of carbonyl (C=O) groups excluding carboxylic acids is 1. The lowest BCUT2D eigenvalue weighted by molar-refractivity contribution is -0.400. The van der Waals surface area contributed by atoms with E-state index in [1.165, 1.54) is 24.3 Å². The molecule has 4 saturated heterocycles. The predicted octanol–water partition coefficient (Wildman–Crippen LogP) is 7.56. The van der Waals surface area contributed by atoms with Crippen LogP contribution in [0.25, 0.3) is 0 Å². The van der Waals surface area contributed by atoms with Gasteiger partial charge in [-0.3, -0.25) is 9.59 Å². The maximum atomic E-state index is 13.8. The van der Waals surface area contributed by atoms with Crippen LogP contribution < -0.4 is 5.32 Å². The fraction of sp³-hybridized carbons (Fsp3) is 0.796. The highest BCUT2D eigenvalue weighted by Crippen LogP contribution is 2.54. The van der Waals surface area contributed by atoms with Crippen LogP contribution in [0.1, 0.15) is 144 Å². The Bertz CT molecular complexity index is 1730. The van der Waals surface area contributed by atoms with Crippen LogP contribution in [-0.2, 0) is 28.5 Å². The number of hydrogen-bond donors (Lipinski definition) is 5. The molecule has 5 aliphatic heterocycles. The zero-order chi connectivity index (χ0) is 45.5. The lowest BCUT2D eigenvalue weighted by Gasteiger charge is -2.55. The van der Waals surface area contributed by atoms with Gasteiger partial charge in [-0.15, -0.1) is 0 Å². The fourth-order valence-electron chi connectivity index (χ4n) is 11.7. The number of carboxylic acids is 1. The number of aliphatic hydroxyl groups is 3. The average molecular weight is 874 g/mol. The average Bonchev–Trinajstić information content (AvgIpc) is 3.58. The fourth-order valence-corrected chi connectivity index (χ4v) is 11.7. The molecule has 0 radical (unpaired) electrons. The quantitative estimate of drug-likeness (QED) is 0.117. The molecule has 1 aromatic rings. The van der Waals surface area contributed by atoms with Gasteiger partial charge in [0.25, 0.3) is 5.91 Å². The monoisotopic (exact) mass is 874 g/mol. The lowest BCUT2D eigenvalue weighted by Crippen LogP contribution is -2.66. The number of hydrogen-bond acceptors (Lipinski definition) is 10. The van der Waals surface area contributed by atoms with Gasteiger partial charge in [0.15, 0.2) is 11.6 Å². The number of rotatable bonds is 14. The van der Waals surface area contributed by atoms with Crippen LogP contribution in [0.5, 0.6) is 0 Å². The third-order valence-corrected chi connectivity index (χ3v) is 16.1. The number of carboxylic acid groups (broad SMARTS) is 1. The minimum absolute atomic E-state index is 0.00880. The van der Waals surface area contributed by atoms with E-state index >= 15 is 0 Å². The maximum absolute atomic E-state index is 13.8. The Hall–Kier alpha value is -2.49. The molecule has 350 valence electrons. The van der Waals surface area contributed by atoms with Crippen LogP contribution in [0.15, 0.2) is 36.4 Å². The first-order valence-electron chi connectivity index (χ1n) is 23.6. The third-order valence-electron chi connectivity index (χ3n) is 16.1.